The lowest BCUT2D eigenvalue weighted by atomic mass is 10.1. The van der Waals surface area contributed by atoms with E-state index in [9.17, 15) is 0 Å². The highest BCUT2D eigenvalue weighted by Crippen LogP contribution is 2.44. The van der Waals surface area contributed by atoms with Gasteiger partial charge in [-0.1, -0.05) is 133 Å². The van der Waals surface area contributed by atoms with Crippen LogP contribution in [0.2, 0.25) is 0 Å². The maximum Gasteiger partial charge on any atom is 0.164 e. The summed E-state index contributed by atoms with van der Waals surface area (Å²) in [4.78, 5) is 15.0. The van der Waals surface area contributed by atoms with E-state index in [1.54, 1.807) is 0 Å². The van der Waals surface area contributed by atoms with Gasteiger partial charge in [0, 0.05) is 66.4 Å². The number of hydrogen-bond acceptors (Lipinski definition) is 4. The standard InChI is InChI=1S/C51H31N5O/c1-4-15-32(16-5-1)49-52-50(33-17-6-2-7-18-33)54-51(53-49)34-19-14-22-36(29-34)55-42-25-12-10-24-39(42)47-43(55)28-27-38-40-30-41-37-23-11-13-26-45(37)57-46(41)31-44(40)56(48(38)47)35-20-8-3-9-21-35/h1-31H. The minimum Gasteiger partial charge on any atom is -0.456 e. The van der Waals surface area contributed by atoms with E-state index in [1.807, 2.05) is 72.8 Å². The maximum absolute atomic E-state index is 6.45. The van der Waals surface area contributed by atoms with E-state index in [0.29, 0.717) is 17.5 Å². The molecule has 0 aliphatic heterocycles. The van der Waals surface area contributed by atoms with Crippen molar-refractivity contribution < 1.29 is 4.42 Å². The first-order valence-electron chi connectivity index (χ1n) is 19.1. The summed E-state index contributed by atoms with van der Waals surface area (Å²) in [7, 11) is 0. The first kappa shape index (κ1) is 31.5. The number of furan rings is 1. The van der Waals surface area contributed by atoms with Gasteiger partial charge >= 0.3 is 0 Å². The van der Waals surface area contributed by atoms with Crippen molar-refractivity contribution in [2.75, 3.05) is 0 Å². The van der Waals surface area contributed by atoms with Gasteiger partial charge in [0.2, 0.25) is 0 Å². The van der Waals surface area contributed by atoms with Gasteiger partial charge in [-0.25, -0.2) is 15.0 Å². The van der Waals surface area contributed by atoms with Crippen LogP contribution in [-0.4, -0.2) is 24.1 Å². The molecule has 6 heteroatoms. The van der Waals surface area contributed by atoms with E-state index >= 15 is 0 Å². The molecule has 0 amide bonds. The van der Waals surface area contributed by atoms with Crippen molar-refractivity contribution in [3.05, 3.63) is 188 Å². The molecule has 57 heavy (non-hydrogen) atoms. The van der Waals surface area contributed by atoms with Gasteiger partial charge in [-0.2, -0.15) is 0 Å². The van der Waals surface area contributed by atoms with Crippen molar-refractivity contribution in [2.45, 2.75) is 0 Å². The molecule has 0 unspecified atom stereocenters. The van der Waals surface area contributed by atoms with Crippen molar-refractivity contribution in [1.82, 2.24) is 24.1 Å². The number of aromatic nitrogens is 5. The molecule has 0 aliphatic carbocycles. The van der Waals surface area contributed by atoms with Gasteiger partial charge in [0.05, 0.1) is 22.1 Å². The van der Waals surface area contributed by atoms with E-state index in [4.69, 9.17) is 19.4 Å². The third-order valence-corrected chi connectivity index (χ3v) is 11.1. The van der Waals surface area contributed by atoms with Crippen LogP contribution in [0.15, 0.2) is 192 Å². The Bertz CT molecular complexity index is 3450. The quantitative estimate of drug-likeness (QED) is 0.177. The molecule has 12 aromatic rings. The highest BCUT2D eigenvalue weighted by Gasteiger charge is 2.23. The fraction of sp³-hybridized carbons (Fsp3) is 0. The second kappa shape index (κ2) is 12.3. The summed E-state index contributed by atoms with van der Waals surface area (Å²) in [5, 5.41) is 6.99. The van der Waals surface area contributed by atoms with E-state index in [0.717, 1.165) is 72.1 Å². The molecular formula is C51H31N5O. The van der Waals surface area contributed by atoms with Crippen LogP contribution in [0.25, 0.3) is 111 Å². The second-order valence-corrected chi connectivity index (χ2v) is 14.4. The molecule has 4 aromatic heterocycles. The van der Waals surface area contributed by atoms with Gasteiger partial charge in [-0.3, -0.25) is 0 Å². The molecule has 0 spiro atoms. The average Bonchev–Trinajstić information content (AvgIpc) is 3.93. The molecule has 0 aliphatic rings. The van der Waals surface area contributed by atoms with Crippen LogP contribution in [0.4, 0.5) is 0 Å². The second-order valence-electron chi connectivity index (χ2n) is 14.4. The minimum atomic E-state index is 0.619. The number of hydrogen-bond donors (Lipinski definition) is 0. The van der Waals surface area contributed by atoms with Crippen LogP contribution < -0.4 is 0 Å². The summed E-state index contributed by atoms with van der Waals surface area (Å²) >= 11 is 0. The third-order valence-electron chi connectivity index (χ3n) is 11.1. The minimum absolute atomic E-state index is 0.619. The number of rotatable bonds is 5. The Hall–Kier alpha value is -7.83. The van der Waals surface area contributed by atoms with Gasteiger partial charge in [-0.15, -0.1) is 0 Å². The molecule has 266 valence electrons. The highest BCUT2D eigenvalue weighted by molar-refractivity contribution is 6.27. The molecule has 6 nitrogen and oxygen atoms in total. The van der Waals surface area contributed by atoms with E-state index in [1.165, 1.54) is 21.5 Å². The largest absolute Gasteiger partial charge is 0.456 e. The molecule has 0 saturated heterocycles. The number of benzene rings is 8. The normalized spacial score (nSPS) is 11.9. The SMILES string of the molecule is c1ccc(-c2nc(-c3ccccc3)nc(-c3cccc(-n4c5ccccc5c5c4ccc4c6cc7c(cc6n(-c6ccccc6)c45)oc4ccccc47)c3)n2)cc1. The predicted molar refractivity (Wildman–Crippen MR) is 232 cm³/mol. The zero-order chi connectivity index (χ0) is 37.5. The van der Waals surface area contributed by atoms with Crippen LogP contribution in [0.1, 0.15) is 0 Å². The molecule has 0 bridgehead atoms. The van der Waals surface area contributed by atoms with Crippen LogP contribution in [-0.2, 0) is 0 Å². The van der Waals surface area contributed by atoms with Crippen LogP contribution in [0.3, 0.4) is 0 Å². The first-order valence-corrected chi connectivity index (χ1v) is 19.1. The summed E-state index contributed by atoms with van der Waals surface area (Å²) in [6.07, 6.45) is 0. The first-order chi connectivity index (χ1) is 28.3. The smallest absolute Gasteiger partial charge is 0.164 e. The summed E-state index contributed by atoms with van der Waals surface area (Å²) in [6.45, 7) is 0. The maximum atomic E-state index is 6.45. The van der Waals surface area contributed by atoms with Gasteiger partial charge < -0.3 is 13.6 Å². The van der Waals surface area contributed by atoms with E-state index in [-0.39, 0.29) is 0 Å². The van der Waals surface area contributed by atoms with Crippen molar-refractivity contribution in [1.29, 1.82) is 0 Å². The molecule has 0 N–H and O–H groups in total. The highest BCUT2D eigenvalue weighted by atomic mass is 16.3. The average molecular weight is 730 g/mol. The molecule has 0 fully saturated rings. The number of nitrogens with zero attached hydrogens (tertiary/aromatic N) is 5. The van der Waals surface area contributed by atoms with Crippen LogP contribution in [0, 0.1) is 0 Å². The third kappa shape index (κ3) is 4.87. The lowest BCUT2D eigenvalue weighted by Gasteiger charge is -2.12. The topological polar surface area (TPSA) is 61.7 Å². The van der Waals surface area contributed by atoms with Gasteiger partial charge in [0.1, 0.15) is 11.2 Å². The fourth-order valence-corrected chi connectivity index (χ4v) is 8.62. The summed E-state index contributed by atoms with van der Waals surface area (Å²) < 4.78 is 11.2. The summed E-state index contributed by atoms with van der Waals surface area (Å²) in [6, 6.07) is 65.5. The molecule has 4 heterocycles. The number of para-hydroxylation sites is 3. The lowest BCUT2D eigenvalue weighted by molar-refractivity contribution is 0.669. The van der Waals surface area contributed by atoms with Crippen molar-refractivity contribution in [3.63, 3.8) is 0 Å². The van der Waals surface area contributed by atoms with Crippen molar-refractivity contribution in [3.8, 4) is 45.5 Å². The lowest BCUT2D eigenvalue weighted by Crippen LogP contribution is -2.01. The number of fused-ring (bicyclic) bond motifs is 10. The molecule has 8 aromatic carbocycles. The van der Waals surface area contributed by atoms with Gasteiger partial charge in [0.15, 0.2) is 17.5 Å². The van der Waals surface area contributed by atoms with Crippen molar-refractivity contribution >= 4 is 65.6 Å². The zero-order valence-electron chi connectivity index (χ0n) is 30.5. The van der Waals surface area contributed by atoms with Gasteiger partial charge in [0.25, 0.3) is 0 Å². The molecular weight excluding hydrogens is 699 g/mol. The summed E-state index contributed by atoms with van der Waals surface area (Å²) in [5.41, 5.74) is 11.2. The Kier molecular flexibility index (Phi) is 6.83. The Morgan fingerprint density at radius 3 is 1.67 bits per heavy atom. The Morgan fingerprint density at radius 1 is 0.333 bits per heavy atom. The fourth-order valence-electron chi connectivity index (χ4n) is 8.62. The monoisotopic (exact) mass is 729 g/mol. The van der Waals surface area contributed by atoms with Crippen molar-refractivity contribution in [2.24, 2.45) is 0 Å². The van der Waals surface area contributed by atoms with Crippen LogP contribution in [0.5, 0.6) is 0 Å². The zero-order valence-corrected chi connectivity index (χ0v) is 30.5. The summed E-state index contributed by atoms with van der Waals surface area (Å²) in [5.74, 6) is 1.89. The molecule has 0 radical (unpaired) electrons. The van der Waals surface area contributed by atoms with E-state index < -0.39 is 0 Å². The molecule has 0 saturated carbocycles. The molecule has 12 rings (SSSR count). The van der Waals surface area contributed by atoms with Crippen LogP contribution >= 0.6 is 0 Å². The predicted octanol–water partition coefficient (Wildman–Crippen LogP) is 13.0. The Balaban J connectivity index is 1.12. The Morgan fingerprint density at radius 2 is 0.930 bits per heavy atom. The van der Waals surface area contributed by atoms with Gasteiger partial charge in [-0.05, 0) is 48.5 Å². The molecule has 0 atom stereocenters. The van der Waals surface area contributed by atoms with E-state index in [2.05, 4.69) is 124 Å². The Labute approximate surface area is 326 Å².